The van der Waals surface area contributed by atoms with E-state index in [1.165, 1.54) is 9.75 Å². The molecule has 0 saturated heterocycles. The topological polar surface area (TPSA) is 65.5 Å². The van der Waals surface area contributed by atoms with Crippen molar-refractivity contribution in [3.8, 4) is 0 Å². The zero-order valence-electron chi connectivity index (χ0n) is 11.4. The van der Waals surface area contributed by atoms with Crippen molar-refractivity contribution < 1.29 is 4.79 Å². The number of carbonyl (C=O) groups is 1. The number of guanidine groups is 1. The van der Waals surface area contributed by atoms with Gasteiger partial charge >= 0.3 is 0 Å². The molecule has 0 unspecified atom stereocenters. The Kier molecular flexibility index (Phi) is 9.58. The van der Waals surface area contributed by atoms with Gasteiger partial charge < -0.3 is 16.0 Å². The zero-order valence-corrected chi connectivity index (χ0v) is 14.6. The van der Waals surface area contributed by atoms with Gasteiger partial charge in [-0.2, -0.15) is 0 Å². The van der Waals surface area contributed by atoms with Gasteiger partial charge in [-0.05, 0) is 18.6 Å². The molecule has 1 rings (SSSR count). The van der Waals surface area contributed by atoms with E-state index in [-0.39, 0.29) is 36.4 Å². The first-order valence-electron chi connectivity index (χ1n) is 5.92. The first-order chi connectivity index (χ1) is 8.69. The van der Waals surface area contributed by atoms with E-state index in [0.717, 1.165) is 13.0 Å². The molecule has 0 aliphatic rings. The van der Waals surface area contributed by atoms with Gasteiger partial charge in [0.05, 0.1) is 13.1 Å². The Bertz CT molecular complexity index is 420. The van der Waals surface area contributed by atoms with Gasteiger partial charge in [-0.1, -0.05) is 6.92 Å². The van der Waals surface area contributed by atoms with Crippen molar-refractivity contribution in [1.29, 1.82) is 0 Å². The summed E-state index contributed by atoms with van der Waals surface area (Å²) in [7, 11) is 3.29. The van der Waals surface area contributed by atoms with Crippen LogP contribution in [0.25, 0.3) is 0 Å². The molecule has 19 heavy (non-hydrogen) atoms. The Hall–Kier alpha value is -0.830. The van der Waals surface area contributed by atoms with Crippen molar-refractivity contribution in [1.82, 2.24) is 16.0 Å². The fourth-order valence-corrected chi connectivity index (χ4v) is 2.25. The van der Waals surface area contributed by atoms with Crippen LogP contribution in [0.1, 0.15) is 16.7 Å². The molecule has 1 heterocycles. The maximum absolute atomic E-state index is 11.1. The smallest absolute Gasteiger partial charge is 0.239 e. The number of thiophene rings is 1. The Labute approximate surface area is 135 Å². The zero-order chi connectivity index (χ0) is 13.4. The summed E-state index contributed by atoms with van der Waals surface area (Å²) in [6, 6.07) is 4.25. The molecule has 1 aromatic heterocycles. The van der Waals surface area contributed by atoms with Gasteiger partial charge in [0.2, 0.25) is 5.91 Å². The van der Waals surface area contributed by atoms with E-state index >= 15 is 0 Å². The Morgan fingerprint density at radius 2 is 2.00 bits per heavy atom. The van der Waals surface area contributed by atoms with Crippen molar-refractivity contribution in [2.45, 2.75) is 19.9 Å². The minimum atomic E-state index is -0.0673. The second kappa shape index (κ2) is 10.0. The minimum Gasteiger partial charge on any atom is -0.358 e. The molecule has 0 saturated carbocycles. The van der Waals surface area contributed by atoms with Crippen LogP contribution in [0, 0.1) is 0 Å². The molecule has 108 valence electrons. The number of likely N-dealkylation sites (N-methyl/N-ethyl adjacent to an activating group) is 1. The van der Waals surface area contributed by atoms with Gasteiger partial charge in [0.25, 0.3) is 0 Å². The van der Waals surface area contributed by atoms with Gasteiger partial charge in [0.15, 0.2) is 5.96 Å². The van der Waals surface area contributed by atoms with E-state index in [2.05, 4.69) is 40.0 Å². The highest BCUT2D eigenvalue weighted by Crippen LogP contribution is 2.16. The number of rotatable bonds is 5. The molecule has 0 bridgehead atoms. The number of amides is 1. The quantitative estimate of drug-likeness (QED) is 0.400. The third kappa shape index (κ3) is 6.76. The van der Waals surface area contributed by atoms with E-state index in [1.807, 2.05) is 0 Å². The third-order valence-corrected chi connectivity index (χ3v) is 3.64. The average molecular weight is 396 g/mol. The van der Waals surface area contributed by atoms with E-state index in [1.54, 1.807) is 25.4 Å². The first kappa shape index (κ1) is 18.2. The molecule has 0 aliphatic heterocycles. The van der Waals surface area contributed by atoms with Crippen LogP contribution in [0.2, 0.25) is 0 Å². The fraction of sp³-hybridized carbons (Fsp3) is 0.500. The summed E-state index contributed by atoms with van der Waals surface area (Å²) in [6.07, 6.45) is 1.06. The lowest BCUT2D eigenvalue weighted by atomic mass is 10.4. The molecule has 3 N–H and O–H groups in total. The number of nitrogens with zero attached hydrogens (tertiary/aromatic N) is 1. The molecule has 0 aromatic carbocycles. The second-order valence-electron chi connectivity index (χ2n) is 3.67. The van der Waals surface area contributed by atoms with Crippen LogP contribution in [0.3, 0.4) is 0 Å². The highest BCUT2D eigenvalue weighted by atomic mass is 127. The van der Waals surface area contributed by atoms with Crippen molar-refractivity contribution in [3.05, 3.63) is 21.9 Å². The van der Waals surface area contributed by atoms with Crippen molar-refractivity contribution in [3.63, 3.8) is 0 Å². The van der Waals surface area contributed by atoms with Crippen LogP contribution in [-0.2, 0) is 17.8 Å². The average Bonchev–Trinajstić information content (AvgIpc) is 2.86. The standard InChI is InChI=1S/C12H20N4OS.HI/c1-4-9-5-6-10(18-9)7-15-12(14-3)16-8-11(17)13-2;/h5-6H,4,7-8H2,1-3H3,(H,13,17)(H2,14,15,16);1H. The Morgan fingerprint density at radius 3 is 2.53 bits per heavy atom. The molecular weight excluding hydrogens is 375 g/mol. The Morgan fingerprint density at radius 1 is 1.32 bits per heavy atom. The summed E-state index contributed by atoms with van der Waals surface area (Å²) in [5, 5.41) is 8.66. The molecular formula is C12H21IN4OS. The SMILES string of the molecule is CCc1ccc(CNC(=NC)NCC(=O)NC)s1.I. The van der Waals surface area contributed by atoms with E-state index in [0.29, 0.717) is 5.96 Å². The molecule has 0 fully saturated rings. The number of hydrogen-bond donors (Lipinski definition) is 3. The first-order valence-corrected chi connectivity index (χ1v) is 6.74. The van der Waals surface area contributed by atoms with Crippen LogP contribution in [-0.4, -0.2) is 32.5 Å². The summed E-state index contributed by atoms with van der Waals surface area (Å²) in [6.45, 7) is 3.09. The number of hydrogen-bond acceptors (Lipinski definition) is 3. The van der Waals surface area contributed by atoms with Crippen molar-refractivity contribution in [2.75, 3.05) is 20.6 Å². The van der Waals surface area contributed by atoms with Crippen LogP contribution in [0.4, 0.5) is 0 Å². The number of carbonyl (C=O) groups excluding carboxylic acids is 1. The maximum Gasteiger partial charge on any atom is 0.239 e. The van der Waals surface area contributed by atoms with Crippen LogP contribution < -0.4 is 16.0 Å². The number of aliphatic imine (C=N–C) groups is 1. The molecule has 1 aromatic rings. The molecule has 0 radical (unpaired) electrons. The summed E-state index contributed by atoms with van der Waals surface area (Å²) in [5.41, 5.74) is 0. The number of halogens is 1. The Balaban J connectivity index is 0.00000324. The summed E-state index contributed by atoms with van der Waals surface area (Å²) in [4.78, 5) is 17.8. The molecule has 0 aliphatic carbocycles. The molecule has 0 atom stereocenters. The van der Waals surface area contributed by atoms with Gasteiger partial charge in [-0.3, -0.25) is 9.79 Å². The number of aryl methyl sites for hydroxylation is 1. The normalized spacial score (nSPS) is 10.6. The van der Waals surface area contributed by atoms with Crippen molar-refractivity contribution in [2.24, 2.45) is 4.99 Å². The van der Waals surface area contributed by atoms with Gasteiger partial charge in [-0.15, -0.1) is 35.3 Å². The summed E-state index contributed by atoms with van der Waals surface area (Å²) in [5.74, 6) is 0.562. The van der Waals surface area contributed by atoms with Gasteiger partial charge in [-0.25, -0.2) is 0 Å². The lowest BCUT2D eigenvalue weighted by Crippen LogP contribution is -2.42. The van der Waals surface area contributed by atoms with Crippen LogP contribution in [0.5, 0.6) is 0 Å². The van der Waals surface area contributed by atoms with E-state index in [4.69, 9.17) is 0 Å². The molecule has 0 spiro atoms. The van der Waals surface area contributed by atoms with Gasteiger partial charge in [0, 0.05) is 23.8 Å². The molecule has 7 heteroatoms. The highest BCUT2D eigenvalue weighted by molar-refractivity contribution is 14.0. The van der Waals surface area contributed by atoms with E-state index < -0.39 is 0 Å². The summed E-state index contributed by atoms with van der Waals surface area (Å²) >= 11 is 1.79. The van der Waals surface area contributed by atoms with Crippen molar-refractivity contribution >= 4 is 47.2 Å². The second-order valence-corrected chi connectivity index (χ2v) is 4.93. The molecule has 5 nitrogen and oxygen atoms in total. The minimum absolute atomic E-state index is 0. The van der Waals surface area contributed by atoms with Crippen LogP contribution in [0.15, 0.2) is 17.1 Å². The third-order valence-electron chi connectivity index (χ3n) is 2.41. The monoisotopic (exact) mass is 396 g/mol. The predicted molar refractivity (Wildman–Crippen MR) is 91.4 cm³/mol. The largest absolute Gasteiger partial charge is 0.358 e. The highest BCUT2D eigenvalue weighted by Gasteiger charge is 2.03. The van der Waals surface area contributed by atoms with E-state index in [9.17, 15) is 4.79 Å². The fourth-order valence-electron chi connectivity index (χ4n) is 1.35. The number of nitrogens with one attached hydrogen (secondary N) is 3. The lowest BCUT2D eigenvalue weighted by molar-refractivity contribution is -0.119. The maximum atomic E-state index is 11.1. The molecule has 1 amide bonds. The lowest BCUT2D eigenvalue weighted by Gasteiger charge is -2.10. The van der Waals surface area contributed by atoms with Gasteiger partial charge in [0.1, 0.15) is 0 Å². The summed E-state index contributed by atoms with van der Waals surface area (Å²) < 4.78 is 0. The van der Waals surface area contributed by atoms with Crippen LogP contribution >= 0.6 is 35.3 Å². The predicted octanol–water partition coefficient (Wildman–Crippen LogP) is 1.34.